The maximum atomic E-state index is 12.8. The molecule has 0 aliphatic heterocycles. The Bertz CT molecular complexity index is 1210. The molecule has 0 saturated heterocycles. The molecular formula is C24H22F3N3O3. The molecule has 1 heterocycles. The summed E-state index contributed by atoms with van der Waals surface area (Å²) < 4.78 is 45.2. The number of methoxy groups -OCH3 is 1. The van der Waals surface area contributed by atoms with Gasteiger partial charge in [-0.15, -0.1) is 0 Å². The zero-order valence-electron chi connectivity index (χ0n) is 18.2. The quantitative estimate of drug-likeness (QED) is 0.334. The number of halogens is 3. The van der Waals surface area contributed by atoms with E-state index >= 15 is 0 Å². The minimum absolute atomic E-state index is 0.236. The van der Waals surface area contributed by atoms with E-state index in [1.165, 1.54) is 25.5 Å². The highest BCUT2D eigenvalue weighted by molar-refractivity contribution is 5.90. The lowest BCUT2D eigenvalue weighted by Crippen LogP contribution is -2.20. The topological polar surface area (TPSA) is 72.7 Å². The van der Waals surface area contributed by atoms with Crippen molar-refractivity contribution in [1.82, 2.24) is 9.99 Å². The van der Waals surface area contributed by atoms with Gasteiger partial charge in [-0.2, -0.15) is 18.3 Å². The average Bonchev–Trinajstić information content (AvgIpc) is 3.05. The highest BCUT2D eigenvalue weighted by Gasteiger charge is 2.30. The molecule has 2 aromatic carbocycles. The molecule has 3 rings (SSSR count). The van der Waals surface area contributed by atoms with Gasteiger partial charge >= 0.3 is 12.1 Å². The van der Waals surface area contributed by atoms with Crippen molar-refractivity contribution in [2.45, 2.75) is 26.4 Å². The van der Waals surface area contributed by atoms with E-state index in [9.17, 15) is 22.8 Å². The third-order valence-electron chi connectivity index (χ3n) is 5.01. The van der Waals surface area contributed by atoms with Crippen molar-refractivity contribution in [3.05, 3.63) is 88.2 Å². The second-order valence-electron chi connectivity index (χ2n) is 7.37. The van der Waals surface area contributed by atoms with E-state index in [2.05, 4.69) is 10.5 Å². The van der Waals surface area contributed by atoms with Gasteiger partial charge in [-0.1, -0.05) is 24.3 Å². The Labute approximate surface area is 188 Å². The van der Waals surface area contributed by atoms with Crippen LogP contribution in [0.25, 0.3) is 5.69 Å². The molecule has 9 heteroatoms. The fourth-order valence-corrected chi connectivity index (χ4v) is 3.46. The Morgan fingerprint density at radius 3 is 2.52 bits per heavy atom. The summed E-state index contributed by atoms with van der Waals surface area (Å²) in [5.74, 6) is -0.977. The number of aromatic nitrogens is 1. The maximum absolute atomic E-state index is 12.8. The van der Waals surface area contributed by atoms with Crippen LogP contribution in [0.15, 0.2) is 59.7 Å². The van der Waals surface area contributed by atoms with E-state index in [1.54, 1.807) is 18.2 Å². The normalized spacial score (nSPS) is 11.6. The largest absolute Gasteiger partial charge is 0.465 e. The summed E-state index contributed by atoms with van der Waals surface area (Å²) in [4.78, 5) is 23.9. The summed E-state index contributed by atoms with van der Waals surface area (Å²) in [5, 5.41) is 3.94. The van der Waals surface area contributed by atoms with E-state index in [1.807, 2.05) is 30.5 Å². The molecule has 1 N–H and O–H groups in total. The number of nitrogens with zero attached hydrogens (tertiary/aromatic N) is 2. The first kappa shape index (κ1) is 23.8. The van der Waals surface area contributed by atoms with Crippen molar-refractivity contribution in [3.63, 3.8) is 0 Å². The van der Waals surface area contributed by atoms with Crippen LogP contribution in [0, 0.1) is 13.8 Å². The molecule has 0 spiro atoms. The lowest BCUT2D eigenvalue weighted by molar-refractivity contribution is -0.137. The molecule has 1 amide bonds. The number of amides is 1. The molecule has 0 aliphatic carbocycles. The summed E-state index contributed by atoms with van der Waals surface area (Å²) in [6, 6.07) is 13.5. The number of ether oxygens (including phenoxy) is 1. The summed E-state index contributed by atoms with van der Waals surface area (Å²) in [6.07, 6.45) is -3.24. The number of esters is 1. The minimum atomic E-state index is -4.47. The van der Waals surface area contributed by atoms with Gasteiger partial charge in [0.2, 0.25) is 5.91 Å². The molecule has 0 saturated carbocycles. The van der Waals surface area contributed by atoms with E-state index < -0.39 is 23.6 Å². The molecule has 172 valence electrons. The molecular weight excluding hydrogens is 435 g/mol. The molecule has 33 heavy (non-hydrogen) atoms. The third-order valence-corrected chi connectivity index (χ3v) is 5.01. The van der Waals surface area contributed by atoms with Crippen LogP contribution in [0.1, 0.15) is 38.4 Å². The SMILES string of the molecule is COC(=O)c1cccc(-n2c(C)cc(/C=N/NC(=O)Cc3cccc(C(F)(F)F)c3)c2C)c1. The van der Waals surface area contributed by atoms with Gasteiger partial charge in [0.25, 0.3) is 0 Å². The number of benzene rings is 2. The van der Waals surface area contributed by atoms with Gasteiger partial charge in [-0.3, -0.25) is 4.79 Å². The number of rotatable bonds is 6. The van der Waals surface area contributed by atoms with Crippen LogP contribution in [-0.4, -0.2) is 29.8 Å². The van der Waals surface area contributed by atoms with Crippen molar-refractivity contribution in [2.75, 3.05) is 7.11 Å². The monoisotopic (exact) mass is 457 g/mol. The molecule has 0 bridgehead atoms. The number of alkyl halides is 3. The van der Waals surface area contributed by atoms with Gasteiger partial charge < -0.3 is 9.30 Å². The van der Waals surface area contributed by atoms with Crippen LogP contribution in [0.2, 0.25) is 0 Å². The van der Waals surface area contributed by atoms with Crippen LogP contribution in [0.4, 0.5) is 13.2 Å². The Kier molecular flexibility index (Phi) is 7.01. The van der Waals surface area contributed by atoms with E-state index in [-0.39, 0.29) is 12.0 Å². The molecule has 0 aliphatic rings. The summed E-state index contributed by atoms with van der Waals surface area (Å²) in [7, 11) is 1.32. The molecule has 6 nitrogen and oxygen atoms in total. The number of aryl methyl sites for hydroxylation is 1. The average molecular weight is 457 g/mol. The number of carbonyl (C=O) groups excluding carboxylic acids is 2. The van der Waals surface area contributed by atoms with Gasteiger partial charge in [-0.05, 0) is 49.7 Å². The van der Waals surface area contributed by atoms with Crippen LogP contribution in [0.5, 0.6) is 0 Å². The standard InChI is InChI=1S/C24H22F3N3O3/c1-15-10-19(16(2)30(15)21-9-5-7-18(13-21)23(32)33-3)14-28-29-22(31)12-17-6-4-8-20(11-17)24(25,26)27/h4-11,13-14H,12H2,1-3H3,(H,29,31)/b28-14+. The highest BCUT2D eigenvalue weighted by atomic mass is 19.4. The second kappa shape index (κ2) is 9.72. The first-order valence-electron chi connectivity index (χ1n) is 9.96. The van der Waals surface area contributed by atoms with Crippen LogP contribution >= 0.6 is 0 Å². The predicted octanol–water partition coefficient (Wildman–Crippen LogP) is 4.59. The predicted molar refractivity (Wildman–Crippen MR) is 117 cm³/mol. The smallest absolute Gasteiger partial charge is 0.416 e. The summed E-state index contributed by atoms with van der Waals surface area (Å²) in [5.41, 5.74) is 5.39. The zero-order valence-corrected chi connectivity index (χ0v) is 18.2. The van der Waals surface area contributed by atoms with E-state index in [0.29, 0.717) is 5.56 Å². The molecule has 1 aromatic heterocycles. The first-order valence-corrected chi connectivity index (χ1v) is 9.96. The summed E-state index contributed by atoms with van der Waals surface area (Å²) >= 11 is 0. The lowest BCUT2D eigenvalue weighted by Gasteiger charge is -2.11. The fourth-order valence-electron chi connectivity index (χ4n) is 3.46. The van der Waals surface area contributed by atoms with Gasteiger partial charge in [0, 0.05) is 22.6 Å². The number of hydrazone groups is 1. The van der Waals surface area contributed by atoms with Crippen LogP contribution in [0.3, 0.4) is 0 Å². The number of nitrogens with one attached hydrogen (secondary N) is 1. The Hall–Kier alpha value is -3.88. The summed E-state index contributed by atoms with van der Waals surface area (Å²) in [6.45, 7) is 3.75. The van der Waals surface area contributed by atoms with Gasteiger partial charge in [0.15, 0.2) is 0 Å². The number of hydrogen-bond donors (Lipinski definition) is 1. The third kappa shape index (κ3) is 5.68. The van der Waals surface area contributed by atoms with Crippen molar-refractivity contribution < 1.29 is 27.5 Å². The number of carbonyl (C=O) groups is 2. The molecule has 3 aromatic rings. The Balaban J connectivity index is 1.72. The van der Waals surface area contributed by atoms with Crippen LogP contribution in [-0.2, 0) is 22.1 Å². The Morgan fingerprint density at radius 2 is 1.82 bits per heavy atom. The molecule has 0 radical (unpaired) electrons. The fraction of sp³-hybridized carbons (Fsp3) is 0.208. The second-order valence-corrected chi connectivity index (χ2v) is 7.37. The van der Waals surface area contributed by atoms with Crippen molar-refractivity contribution in [2.24, 2.45) is 5.10 Å². The van der Waals surface area contributed by atoms with E-state index in [4.69, 9.17) is 4.74 Å². The van der Waals surface area contributed by atoms with Crippen LogP contribution < -0.4 is 5.43 Å². The van der Waals surface area contributed by atoms with Gasteiger partial charge in [0.1, 0.15) is 0 Å². The first-order chi connectivity index (χ1) is 15.6. The van der Waals surface area contributed by atoms with E-state index in [0.717, 1.165) is 34.8 Å². The van der Waals surface area contributed by atoms with Crippen molar-refractivity contribution in [3.8, 4) is 5.69 Å². The maximum Gasteiger partial charge on any atom is 0.416 e. The van der Waals surface area contributed by atoms with Crippen molar-refractivity contribution in [1.29, 1.82) is 0 Å². The van der Waals surface area contributed by atoms with Gasteiger partial charge in [0.05, 0.1) is 30.9 Å². The number of hydrogen-bond acceptors (Lipinski definition) is 4. The van der Waals surface area contributed by atoms with Gasteiger partial charge in [-0.25, -0.2) is 10.2 Å². The molecule has 0 atom stereocenters. The molecule has 0 unspecified atom stereocenters. The minimum Gasteiger partial charge on any atom is -0.465 e. The lowest BCUT2D eigenvalue weighted by atomic mass is 10.1. The zero-order chi connectivity index (χ0) is 24.2. The Morgan fingerprint density at radius 1 is 1.09 bits per heavy atom. The van der Waals surface area contributed by atoms with Crippen molar-refractivity contribution >= 4 is 18.1 Å². The molecule has 0 fully saturated rings. The highest BCUT2D eigenvalue weighted by Crippen LogP contribution is 2.29.